The predicted molar refractivity (Wildman–Crippen MR) is 81.2 cm³/mol. The van der Waals surface area contributed by atoms with Gasteiger partial charge in [-0.1, -0.05) is 12.1 Å². The molecule has 1 aromatic heterocycles. The molecule has 5 heteroatoms. The van der Waals surface area contributed by atoms with Crippen LogP contribution in [0.4, 0.5) is 11.8 Å². The fourth-order valence-corrected chi connectivity index (χ4v) is 2.57. The van der Waals surface area contributed by atoms with E-state index in [1.54, 1.807) is 0 Å². The van der Waals surface area contributed by atoms with E-state index in [4.69, 9.17) is 4.74 Å². The van der Waals surface area contributed by atoms with Crippen molar-refractivity contribution >= 4 is 22.7 Å². The van der Waals surface area contributed by atoms with Gasteiger partial charge >= 0.3 is 0 Å². The standard InChI is InChI=1S/C15H20N4O/c1-15(8-5-9-20-15)10-17-13-11-6-3-4-7-12(11)18-14(16-2)19-13/h3-4,6-7H,5,8-10H2,1-2H3,(H2,16,17,18,19). The van der Waals surface area contributed by atoms with Crippen molar-refractivity contribution in [2.45, 2.75) is 25.4 Å². The van der Waals surface area contributed by atoms with Crippen molar-refractivity contribution in [2.75, 3.05) is 30.8 Å². The summed E-state index contributed by atoms with van der Waals surface area (Å²) in [6.07, 6.45) is 2.21. The van der Waals surface area contributed by atoms with Gasteiger partial charge in [-0.25, -0.2) is 4.98 Å². The molecule has 1 aliphatic heterocycles. The normalized spacial score (nSPS) is 22.1. The molecule has 2 heterocycles. The summed E-state index contributed by atoms with van der Waals surface area (Å²) in [6, 6.07) is 8.02. The lowest BCUT2D eigenvalue weighted by Gasteiger charge is -2.24. The van der Waals surface area contributed by atoms with Crippen molar-refractivity contribution in [1.29, 1.82) is 0 Å². The Kier molecular flexibility index (Phi) is 3.44. The van der Waals surface area contributed by atoms with Crippen molar-refractivity contribution in [3.05, 3.63) is 24.3 Å². The van der Waals surface area contributed by atoms with Crippen molar-refractivity contribution < 1.29 is 4.74 Å². The van der Waals surface area contributed by atoms with Crippen molar-refractivity contribution in [3.8, 4) is 0 Å². The highest BCUT2D eigenvalue weighted by molar-refractivity contribution is 5.90. The Morgan fingerprint density at radius 1 is 1.30 bits per heavy atom. The molecule has 0 saturated carbocycles. The third-order valence-corrected chi connectivity index (χ3v) is 3.76. The maximum Gasteiger partial charge on any atom is 0.224 e. The van der Waals surface area contributed by atoms with E-state index in [2.05, 4.69) is 27.5 Å². The molecule has 1 aromatic carbocycles. The number of fused-ring (bicyclic) bond motifs is 1. The molecule has 0 radical (unpaired) electrons. The van der Waals surface area contributed by atoms with Gasteiger partial charge in [-0.15, -0.1) is 0 Å². The van der Waals surface area contributed by atoms with Gasteiger partial charge in [-0.3, -0.25) is 0 Å². The molecule has 3 rings (SSSR count). The van der Waals surface area contributed by atoms with E-state index >= 15 is 0 Å². The summed E-state index contributed by atoms with van der Waals surface area (Å²) in [5, 5.41) is 7.47. The van der Waals surface area contributed by atoms with Gasteiger partial charge in [0.25, 0.3) is 0 Å². The molecule has 0 aliphatic carbocycles. The number of aromatic nitrogens is 2. The van der Waals surface area contributed by atoms with Crippen LogP contribution in [0.2, 0.25) is 0 Å². The first-order valence-electron chi connectivity index (χ1n) is 7.03. The van der Waals surface area contributed by atoms with E-state index in [0.29, 0.717) is 5.95 Å². The summed E-state index contributed by atoms with van der Waals surface area (Å²) < 4.78 is 5.81. The van der Waals surface area contributed by atoms with Crippen LogP contribution in [-0.2, 0) is 4.74 Å². The Morgan fingerprint density at radius 2 is 2.15 bits per heavy atom. The summed E-state index contributed by atoms with van der Waals surface area (Å²) in [4.78, 5) is 8.98. The predicted octanol–water partition coefficient (Wildman–Crippen LogP) is 2.65. The van der Waals surface area contributed by atoms with Crippen LogP contribution in [0.3, 0.4) is 0 Å². The van der Waals surface area contributed by atoms with E-state index in [-0.39, 0.29) is 5.60 Å². The van der Waals surface area contributed by atoms with Crippen molar-refractivity contribution in [1.82, 2.24) is 9.97 Å². The number of para-hydroxylation sites is 1. The number of nitrogens with one attached hydrogen (secondary N) is 2. The number of ether oxygens (including phenoxy) is 1. The summed E-state index contributed by atoms with van der Waals surface area (Å²) in [7, 11) is 1.83. The van der Waals surface area contributed by atoms with Gasteiger partial charge in [0, 0.05) is 25.6 Å². The van der Waals surface area contributed by atoms with E-state index in [1.165, 1.54) is 0 Å². The Morgan fingerprint density at radius 3 is 2.90 bits per heavy atom. The van der Waals surface area contributed by atoms with Gasteiger partial charge in [0.2, 0.25) is 5.95 Å². The quantitative estimate of drug-likeness (QED) is 0.896. The molecule has 1 unspecified atom stereocenters. The minimum Gasteiger partial charge on any atom is -0.373 e. The first kappa shape index (κ1) is 13.1. The molecule has 20 heavy (non-hydrogen) atoms. The number of rotatable bonds is 4. The number of hydrogen-bond acceptors (Lipinski definition) is 5. The summed E-state index contributed by atoms with van der Waals surface area (Å²) >= 11 is 0. The van der Waals surface area contributed by atoms with Crippen LogP contribution in [0.5, 0.6) is 0 Å². The first-order chi connectivity index (χ1) is 9.70. The third-order valence-electron chi connectivity index (χ3n) is 3.76. The molecule has 106 valence electrons. The van der Waals surface area contributed by atoms with Crippen LogP contribution in [0.25, 0.3) is 10.9 Å². The molecular formula is C15H20N4O. The fraction of sp³-hybridized carbons (Fsp3) is 0.467. The van der Waals surface area contributed by atoms with Crippen molar-refractivity contribution in [2.24, 2.45) is 0 Å². The Labute approximate surface area is 118 Å². The molecule has 0 spiro atoms. The minimum atomic E-state index is -0.0914. The Hall–Kier alpha value is -1.88. The summed E-state index contributed by atoms with van der Waals surface area (Å²) in [6.45, 7) is 3.76. The maximum atomic E-state index is 5.81. The van der Waals surface area contributed by atoms with Crippen LogP contribution in [-0.4, -0.2) is 35.8 Å². The highest BCUT2D eigenvalue weighted by Gasteiger charge is 2.29. The second-order valence-corrected chi connectivity index (χ2v) is 5.42. The van der Waals surface area contributed by atoms with Gasteiger partial charge < -0.3 is 15.4 Å². The Balaban J connectivity index is 1.89. The van der Waals surface area contributed by atoms with Gasteiger partial charge in [0.05, 0.1) is 11.1 Å². The van der Waals surface area contributed by atoms with Gasteiger partial charge in [-0.05, 0) is 31.9 Å². The number of nitrogens with zero attached hydrogens (tertiary/aromatic N) is 2. The van der Waals surface area contributed by atoms with Gasteiger partial charge in [0.1, 0.15) is 5.82 Å². The average Bonchev–Trinajstić information content (AvgIpc) is 2.91. The molecule has 2 N–H and O–H groups in total. The smallest absolute Gasteiger partial charge is 0.224 e. The highest BCUT2D eigenvalue weighted by Crippen LogP contribution is 2.27. The lowest BCUT2D eigenvalue weighted by Crippen LogP contribution is -2.32. The lowest BCUT2D eigenvalue weighted by molar-refractivity contribution is 0.0315. The summed E-state index contributed by atoms with van der Waals surface area (Å²) in [5.41, 5.74) is 0.845. The highest BCUT2D eigenvalue weighted by atomic mass is 16.5. The fourth-order valence-electron chi connectivity index (χ4n) is 2.57. The average molecular weight is 272 g/mol. The second-order valence-electron chi connectivity index (χ2n) is 5.42. The minimum absolute atomic E-state index is 0.0914. The lowest BCUT2D eigenvalue weighted by atomic mass is 10.0. The molecule has 2 aromatic rings. The molecule has 1 saturated heterocycles. The zero-order chi connectivity index (χ0) is 14.0. The van der Waals surface area contributed by atoms with E-state index in [1.807, 2.05) is 31.3 Å². The van der Waals surface area contributed by atoms with E-state index in [0.717, 1.165) is 42.7 Å². The van der Waals surface area contributed by atoms with E-state index < -0.39 is 0 Å². The SMILES string of the molecule is CNc1nc(NCC2(C)CCCO2)c2ccccc2n1. The topological polar surface area (TPSA) is 59.1 Å². The van der Waals surface area contributed by atoms with Crippen LogP contribution in [0.15, 0.2) is 24.3 Å². The molecule has 0 bridgehead atoms. The number of anilines is 2. The molecule has 5 nitrogen and oxygen atoms in total. The molecule has 1 fully saturated rings. The van der Waals surface area contributed by atoms with Gasteiger partial charge in [0.15, 0.2) is 0 Å². The Bertz CT molecular complexity index is 608. The number of hydrogen-bond donors (Lipinski definition) is 2. The maximum absolute atomic E-state index is 5.81. The third kappa shape index (κ3) is 2.54. The largest absolute Gasteiger partial charge is 0.373 e. The zero-order valence-electron chi connectivity index (χ0n) is 11.9. The molecule has 0 amide bonds. The van der Waals surface area contributed by atoms with Crippen LogP contribution < -0.4 is 10.6 Å². The number of benzene rings is 1. The zero-order valence-corrected chi connectivity index (χ0v) is 11.9. The van der Waals surface area contributed by atoms with Gasteiger partial charge in [-0.2, -0.15) is 4.98 Å². The monoisotopic (exact) mass is 272 g/mol. The van der Waals surface area contributed by atoms with Crippen molar-refractivity contribution in [3.63, 3.8) is 0 Å². The molecule has 1 atom stereocenters. The molecular weight excluding hydrogens is 252 g/mol. The first-order valence-corrected chi connectivity index (χ1v) is 7.03. The summed E-state index contributed by atoms with van der Waals surface area (Å²) in [5.74, 6) is 1.49. The second kappa shape index (κ2) is 5.25. The molecule has 1 aliphatic rings. The van der Waals surface area contributed by atoms with E-state index in [9.17, 15) is 0 Å². The van der Waals surface area contributed by atoms with Crippen LogP contribution in [0, 0.1) is 0 Å². The van der Waals surface area contributed by atoms with Crippen LogP contribution in [0.1, 0.15) is 19.8 Å². The van der Waals surface area contributed by atoms with Crippen LogP contribution >= 0.6 is 0 Å².